The first-order chi connectivity index (χ1) is 26.4. The van der Waals surface area contributed by atoms with Gasteiger partial charge in [-0.1, -0.05) is 86.4 Å². The van der Waals surface area contributed by atoms with Gasteiger partial charge in [0, 0.05) is 38.8 Å². The topological polar surface area (TPSA) is 187 Å². The number of hydrogen-bond donors (Lipinski definition) is 5. The number of carboxylic acid groups (broad SMARTS) is 1. The fourth-order valence-electron chi connectivity index (χ4n) is 5.80. The summed E-state index contributed by atoms with van der Waals surface area (Å²) in [6.07, 6.45) is 6.32. The van der Waals surface area contributed by atoms with E-state index in [4.69, 9.17) is 19.7 Å². The second kappa shape index (κ2) is 34.6. The number of nitrogens with one attached hydrogen (secondary N) is 3. The molecule has 1 heterocycles. The van der Waals surface area contributed by atoms with Gasteiger partial charge in [-0.15, -0.1) is 0 Å². The molecule has 0 aliphatic carbocycles. The molecule has 0 aromatic heterocycles. The predicted octanol–water partition coefficient (Wildman–Crippen LogP) is 4.41. The van der Waals surface area contributed by atoms with E-state index in [1.54, 1.807) is 38.4 Å². The summed E-state index contributed by atoms with van der Waals surface area (Å²) in [6, 6.07) is 6.62. The van der Waals surface area contributed by atoms with Gasteiger partial charge in [0.05, 0.1) is 32.2 Å². The SMILES string of the molecule is CC(C)CO.CCC.CCC(C)C(C(CC(=O)N1CCCC1C)OC)N(C)C.CNC(C(=O)NCC=O)C(C)C.COc1ccccc1CC(NC=O)C(=O)O. The van der Waals surface area contributed by atoms with E-state index in [0.29, 0.717) is 49.4 Å². The number of para-hydroxylation sites is 1. The minimum absolute atomic E-state index is 0.0275. The third-order valence-electron chi connectivity index (χ3n) is 8.92. The van der Waals surface area contributed by atoms with Crippen LogP contribution in [0.3, 0.4) is 0 Å². The fraction of sp³-hybridized carbons (Fsp3) is 0.738. The Morgan fingerprint density at radius 1 is 1.04 bits per heavy atom. The Bertz CT molecular complexity index is 1190. The van der Waals surface area contributed by atoms with Gasteiger partial charge < -0.3 is 50.2 Å². The van der Waals surface area contributed by atoms with Crippen LogP contribution in [0.4, 0.5) is 0 Å². The van der Waals surface area contributed by atoms with Crippen LogP contribution in [-0.2, 0) is 35.1 Å². The van der Waals surface area contributed by atoms with Crippen molar-refractivity contribution in [3.63, 3.8) is 0 Å². The van der Waals surface area contributed by atoms with Crippen molar-refractivity contribution in [2.24, 2.45) is 17.8 Å². The van der Waals surface area contributed by atoms with E-state index in [-0.39, 0.29) is 48.9 Å². The Labute approximate surface area is 338 Å². The van der Waals surface area contributed by atoms with Gasteiger partial charge in [-0.3, -0.25) is 14.4 Å². The summed E-state index contributed by atoms with van der Waals surface area (Å²) < 4.78 is 10.8. The number of rotatable bonds is 19. The standard InChI is InChI=1S/C16H32N2O2.C11H13NO4.C8H16N2O2.C4H10O.C3H8/c1-7-12(2)16(17(4)5)14(20-6)11-15(19)18-10-8-9-13(18)3;1-16-10-5-3-2-4-8(10)6-9(11(14)15)12-7-13;1-6(2)7(9-3)8(12)10-4-5-11;1-4(2)3-5;1-3-2/h12-14,16H,7-11H2,1-6H3;2-5,7,9H,6H2,1H3,(H,12,13)(H,14,15);5-7,9H,4H2,1-3H3,(H,10,12);4-5H,3H2,1-2H3;3H2,1-2H3. The summed E-state index contributed by atoms with van der Waals surface area (Å²) in [7, 11) is 9.12. The molecule has 1 aromatic rings. The number of carboxylic acids is 1. The lowest BCUT2D eigenvalue weighted by molar-refractivity contribution is -0.140. The number of nitrogens with zero attached hydrogens (tertiary/aromatic N) is 2. The molecule has 1 aromatic carbocycles. The monoisotopic (exact) mass is 798 g/mol. The lowest BCUT2D eigenvalue weighted by atomic mass is 9.91. The molecule has 14 heteroatoms. The molecule has 1 saturated heterocycles. The van der Waals surface area contributed by atoms with Crippen molar-refractivity contribution in [2.75, 3.05) is 55.1 Å². The number of ether oxygens (including phenoxy) is 2. The Morgan fingerprint density at radius 2 is 1.61 bits per heavy atom. The van der Waals surface area contributed by atoms with E-state index in [2.05, 4.69) is 69.6 Å². The number of aliphatic hydroxyl groups is 1. The van der Waals surface area contributed by atoms with Crippen LogP contribution in [-0.4, -0.2) is 136 Å². The van der Waals surface area contributed by atoms with Crippen LogP contribution < -0.4 is 20.7 Å². The minimum Gasteiger partial charge on any atom is -0.496 e. The van der Waals surface area contributed by atoms with Crippen molar-refractivity contribution < 1.29 is 43.7 Å². The minimum atomic E-state index is -1.07. The number of carbonyl (C=O) groups excluding carboxylic acids is 4. The zero-order valence-corrected chi connectivity index (χ0v) is 37.1. The maximum absolute atomic E-state index is 12.5. The Balaban J connectivity index is -0.000000701. The molecule has 0 radical (unpaired) electrons. The summed E-state index contributed by atoms with van der Waals surface area (Å²) in [5.74, 6) is 0.839. The molecule has 5 N–H and O–H groups in total. The van der Waals surface area contributed by atoms with E-state index < -0.39 is 12.0 Å². The van der Waals surface area contributed by atoms with Gasteiger partial charge in [0.25, 0.3) is 0 Å². The van der Waals surface area contributed by atoms with E-state index in [1.165, 1.54) is 13.5 Å². The predicted molar refractivity (Wildman–Crippen MR) is 225 cm³/mol. The number of benzene rings is 1. The number of aldehydes is 1. The highest BCUT2D eigenvalue weighted by Crippen LogP contribution is 2.24. The van der Waals surface area contributed by atoms with Crippen molar-refractivity contribution in [3.8, 4) is 5.75 Å². The Hall–Kier alpha value is -3.59. The zero-order valence-electron chi connectivity index (χ0n) is 37.1. The first-order valence-corrected chi connectivity index (χ1v) is 19.9. The smallest absolute Gasteiger partial charge is 0.326 e. The number of hydrogen-bond acceptors (Lipinski definition) is 10. The van der Waals surface area contributed by atoms with Gasteiger partial charge in [0.2, 0.25) is 18.2 Å². The molecule has 0 saturated carbocycles. The molecule has 1 aliphatic rings. The van der Waals surface area contributed by atoms with Crippen molar-refractivity contribution in [1.29, 1.82) is 0 Å². The molecule has 0 bridgehead atoms. The molecule has 2 rings (SSSR count). The number of aliphatic hydroxyl groups excluding tert-OH is 1. The summed E-state index contributed by atoms with van der Waals surface area (Å²) in [5.41, 5.74) is 0.742. The van der Waals surface area contributed by atoms with Crippen LogP contribution >= 0.6 is 0 Å². The molecule has 1 aliphatic heterocycles. The quantitative estimate of drug-likeness (QED) is 0.125. The van der Waals surface area contributed by atoms with E-state index in [0.717, 1.165) is 31.4 Å². The summed E-state index contributed by atoms with van der Waals surface area (Å²) in [6.45, 7) is 20.0. The van der Waals surface area contributed by atoms with Crippen molar-refractivity contribution >= 4 is 30.5 Å². The summed E-state index contributed by atoms with van der Waals surface area (Å²) in [5, 5.41) is 24.6. The van der Waals surface area contributed by atoms with Crippen LogP contribution in [0.2, 0.25) is 0 Å². The molecule has 326 valence electrons. The highest BCUT2D eigenvalue weighted by molar-refractivity contribution is 5.83. The molecule has 14 nitrogen and oxygen atoms in total. The van der Waals surface area contributed by atoms with E-state index in [1.807, 2.05) is 32.6 Å². The second-order valence-electron chi connectivity index (χ2n) is 14.8. The fourth-order valence-corrected chi connectivity index (χ4v) is 5.80. The summed E-state index contributed by atoms with van der Waals surface area (Å²) in [4.78, 5) is 59.0. The molecule has 3 amide bonds. The molecule has 6 atom stereocenters. The van der Waals surface area contributed by atoms with Crippen LogP contribution in [0.1, 0.15) is 100.0 Å². The van der Waals surface area contributed by atoms with Gasteiger partial charge >= 0.3 is 5.97 Å². The molecular weight excluding hydrogens is 718 g/mol. The first kappa shape index (κ1) is 56.7. The lowest BCUT2D eigenvalue weighted by Gasteiger charge is -2.36. The molecular formula is C42H79N5O9. The normalized spacial score (nSPS) is 15.8. The number of methoxy groups -OCH3 is 2. The molecule has 56 heavy (non-hydrogen) atoms. The maximum atomic E-state index is 12.5. The average molecular weight is 798 g/mol. The van der Waals surface area contributed by atoms with Gasteiger partial charge in [0.1, 0.15) is 18.1 Å². The van der Waals surface area contributed by atoms with Crippen LogP contribution in [0.25, 0.3) is 0 Å². The lowest BCUT2D eigenvalue weighted by Crippen LogP contribution is -2.47. The highest BCUT2D eigenvalue weighted by atomic mass is 16.5. The van der Waals surface area contributed by atoms with E-state index in [9.17, 15) is 24.0 Å². The Kier molecular flexibility index (Phi) is 35.1. The largest absolute Gasteiger partial charge is 0.496 e. The number of amides is 3. The number of likely N-dealkylation sites (tertiary alicyclic amines) is 1. The third-order valence-corrected chi connectivity index (χ3v) is 8.92. The van der Waals surface area contributed by atoms with E-state index >= 15 is 0 Å². The van der Waals surface area contributed by atoms with Gasteiger partial charge in [-0.05, 0) is 70.3 Å². The number of carbonyl (C=O) groups is 5. The van der Waals surface area contributed by atoms with Crippen molar-refractivity contribution in [2.45, 2.75) is 131 Å². The zero-order chi connectivity index (χ0) is 43.8. The third kappa shape index (κ3) is 24.8. The second-order valence-corrected chi connectivity index (χ2v) is 14.8. The van der Waals surface area contributed by atoms with Gasteiger partial charge in [-0.2, -0.15) is 0 Å². The molecule has 1 fully saturated rings. The highest BCUT2D eigenvalue weighted by Gasteiger charge is 2.33. The Morgan fingerprint density at radius 3 is 1.98 bits per heavy atom. The molecule has 0 spiro atoms. The van der Waals surface area contributed by atoms with Crippen LogP contribution in [0.5, 0.6) is 5.75 Å². The molecule has 6 unspecified atom stereocenters. The number of likely N-dealkylation sites (N-methyl/N-ethyl adjacent to an activating group) is 2. The van der Waals surface area contributed by atoms with Crippen LogP contribution in [0.15, 0.2) is 24.3 Å². The van der Waals surface area contributed by atoms with Crippen LogP contribution in [0, 0.1) is 17.8 Å². The van der Waals surface area contributed by atoms with Gasteiger partial charge in [0.15, 0.2) is 0 Å². The maximum Gasteiger partial charge on any atom is 0.326 e. The summed E-state index contributed by atoms with van der Waals surface area (Å²) >= 11 is 0. The van der Waals surface area contributed by atoms with Gasteiger partial charge in [-0.25, -0.2) is 4.79 Å². The first-order valence-electron chi connectivity index (χ1n) is 19.9. The van der Waals surface area contributed by atoms with Crippen molar-refractivity contribution in [1.82, 2.24) is 25.8 Å². The van der Waals surface area contributed by atoms with Crippen molar-refractivity contribution in [3.05, 3.63) is 29.8 Å². The average Bonchev–Trinajstić information content (AvgIpc) is 3.60. The number of aliphatic carboxylic acids is 1.